The molecule has 0 bridgehead atoms. The van der Waals surface area contributed by atoms with Crippen LogP contribution in [0.4, 0.5) is 0 Å². The maximum absolute atomic E-state index is 12.3. The fourth-order valence-corrected chi connectivity index (χ4v) is 3.33. The van der Waals surface area contributed by atoms with E-state index in [1.54, 1.807) is 6.07 Å². The predicted molar refractivity (Wildman–Crippen MR) is 112 cm³/mol. The number of ether oxygens (including phenoxy) is 2. The summed E-state index contributed by atoms with van der Waals surface area (Å²) < 4.78 is 11.6. The van der Waals surface area contributed by atoms with Crippen LogP contribution in [0.3, 0.4) is 0 Å². The van der Waals surface area contributed by atoms with Crippen molar-refractivity contribution in [3.8, 4) is 5.75 Å². The van der Waals surface area contributed by atoms with Crippen molar-refractivity contribution in [2.75, 3.05) is 6.61 Å². The molecule has 0 aliphatic rings. The van der Waals surface area contributed by atoms with Crippen molar-refractivity contribution in [1.29, 1.82) is 0 Å². The lowest BCUT2D eigenvalue weighted by Crippen LogP contribution is -2.20. The lowest BCUT2D eigenvalue weighted by Gasteiger charge is -2.12. The molecule has 0 saturated carbocycles. The molecule has 28 heavy (non-hydrogen) atoms. The number of hydrogen-bond acceptors (Lipinski definition) is 5. The Labute approximate surface area is 171 Å². The summed E-state index contributed by atoms with van der Waals surface area (Å²) in [5, 5.41) is 0. The highest BCUT2D eigenvalue weighted by Gasteiger charge is 2.16. The maximum atomic E-state index is 12.3. The van der Waals surface area contributed by atoms with Crippen LogP contribution in [0.15, 0.2) is 65.1 Å². The number of esters is 1. The maximum Gasteiger partial charge on any atom is 0.337 e. The van der Waals surface area contributed by atoms with E-state index < -0.39 is 5.97 Å². The molecule has 0 unspecified atom stereocenters. The minimum atomic E-state index is -0.554. The normalized spacial score (nSPS) is 11.0. The van der Waals surface area contributed by atoms with Gasteiger partial charge in [-0.15, -0.1) is 0 Å². The van der Waals surface area contributed by atoms with Crippen LogP contribution in [0.25, 0.3) is 22.1 Å². The van der Waals surface area contributed by atoms with Crippen LogP contribution in [-0.2, 0) is 16.1 Å². The van der Waals surface area contributed by atoms with Crippen LogP contribution in [-0.4, -0.2) is 30.4 Å². The van der Waals surface area contributed by atoms with Crippen LogP contribution in [0.5, 0.6) is 5.75 Å². The number of nitrogens with zero attached hydrogens (tertiary/aromatic N) is 2. The molecule has 0 amide bonds. The van der Waals surface area contributed by atoms with Gasteiger partial charge >= 0.3 is 5.97 Å². The van der Waals surface area contributed by atoms with E-state index in [2.05, 4.69) is 25.9 Å². The summed E-state index contributed by atoms with van der Waals surface area (Å²) in [6, 6.07) is 18.7. The Morgan fingerprint density at radius 3 is 2.32 bits per heavy atom. The van der Waals surface area contributed by atoms with Gasteiger partial charge < -0.3 is 9.47 Å². The van der Waals surface area contributed by atoms with E-state index in [9.17, 15) is 4.79 Å². The molecule has 0 aliphatic carbocycles. The van der Waals surface area contributed by atoms with E-state index in [0.29, 0.717) is 33.1 Å². The summed E-state index contributed by atoms with van der Waals surface area (Å²) in [4.78, 5) is 21.5. The largest absolute Gasteiger partial charge is 0.423 e. The third kappa shape index (κ3) is 3.91. The van der Waals surface area contributed by atoms with Gasteiger partial charge in [-0.05, 0) is 39.7 Å². The second-order valence-corrected chi connectivity index (χ2v) is 6.99. The van der Waals surface area contributed by atoms with Crippen molar-refractivity contribution in [2.45, 2.75) is 6.61 Å². The fraction of sp³-hybridized carbons (Fsp3) is 0.0952. The summed E-state index contributed by atoms with van der Waals surface area (Å²) >= 11 is 3.45. The number of carbonyl (C=O) groups is 1. The van der Waals surface area contributed by atoms with Gasteiger partial charge in [0.25, 0.3) is 0 Å². The van der Waals surface area contributed by atoms with Crippen LogP contribution < -0.4 is 10.2 Å². The topological polar surface area (TPSA) is 61.3 Å². The van der Waals surface area contributed by atoms with Gasteiger partial charge in [0.2, 0.25) is 0 Å². The van der Waals surface area contributed by atoms with Crippen molar-refractivity contribution >= 4 is 57.3 Å². The quantitative estimate of drug-likeness (QED) is 0.209. The van der Waals surface area contributed by atoms with E-state index in [1.165, 1.54) is 0 Å². The molecule has 5 nitrogen and oxygen atoms in total. The molecule has 7 heteroatoms. The molecule has 3 aromatic carbocycles. The van der Waals surface area contributed by atoms with Crippen molar-refractivity contribution in [3.63, 3.8) is 0 Å². The number of halogens is 1. The van der Waals surface area contributed by atoms with Crippen molar-refractivity contribution in [1.82, 2.24) is 9.97 Å². The summed E-state index contributed by atoms with van der Waals surface area (Å²) in [5.41, 5.74) is 3.68. The van der Waals surface area contributed by atoms with Crippen molar-refractivity contribution < 1.29 is 14.3 Å². The van der Waals surface area contributed by atoms with Gasteiger partial charge in [-0.25, -0.2) is 14.8 Å². The first kappa shape index (κ1) is 18.6. The van der Waals surface area contributed by atoms with Crippen LogP contribution in [0.2, 0.25) is 0 Å². The molecular formula is C21H14BBrN2O3. The average molecular weight is 433 g/mol. The van der Waals surface area contributed by atoms with Crippen LogP contribution >= 0.6 is 15.9 Å². The molecule has 1 heterocycles. The highest BCUT2D eigenvalue weighted by molar-refractivity contribution is 9.10. The summed E-state index contributed by atoms with van der Waals surface area (Å²) in [6.07, 6.45) is 0. The highest BCUT2D eigenvalue weighted by Crippen LogP contribution is 2.29. The smallest absolute Gasteiger partial charge is 0.337 e. The number of hydrogen-bond donors (Lipinski definition) is 0. The van der Waals surface area contributed by atoms with E-state index in [4.69, 9.17) is 17.3 Å². The Kier molecular flexibility index (Phi) is 5.37. The Bertz CT molecular complexity index is 1170. The third-order valence-electron chi connectivity index (χ3n) is 4.10. The molecule has 2 radical (unpaired) electrons. The first-order chi connectivity index (χ1) is 13.6. The Morgan fingerprint density at radius 1 is 0.964 bits per heavy atom. The number of benzene rings is 3. The van der Waals surface area contributed by atoms with Crippen LogP contribution in [0.1, 0.15) is 5.56 Å². The van der Waals surface area contributed by atoms with Gasteiger partial charge in [-0.3, -0.25) is 0 Å². The molecule has 0 N–H and O–H groups in total. The molecule has 0 atom stereocenters. The van der Waals surface area contributed by atoms with Gasteiger partial charge in [0.15, 0.2) is 5.75 Å². The van der Waals surface area contributed by atoms with Crippen molar-refractivity contribution in [3.05, 3.63) is 70.7 Å². The number of rotatable bonds is 5. The lowest BCUT2D eigenvalue weighted by molar-refractivity contribution is -0.139. The van der Waals surface area contributed by atoms with Crippen molar-refractivity contribution in [2.24, 2.45) is 0 Å². The van der Waals surface area contributed by atoms with Gasteiger partial charge in [-0.2, -0.15) is 0 Å². The molecule has 0 spiro atoms. The van der Waals surface area contributed by atoms with Gasteiger partial charge in [0, 0.05) is 4.47 Å². The van der Waals surface area contributed by atoms with Gasteiger partial charge in [0.1, 0.15) is 25.5 Å². The molecular weight excluding hydrogens is 419 g/mol. The van der Waals surface area contributed by atoms with E-state index >= 15 is 0 Å². The zero-order valence-electron chi connectivity index (χ0n) is 14.8. The SMILES string of the molecule is [B]c1cc(Br)c2nc3ccccc3nc2c1OC(=O)COCc1ccccc1. The number of carbonyl (C=O) groups excluding carboxylic acids is 1. The number of fused-ring (bicyclic) bond motifs is 2. The van der Waals surface area contributed by atoms with Crippen LogP contribution in [0, 0.1) is 0 Å². The Balaban J connectivity index is 1.58. The monoisotopic (exact) mass is 432 g/mol. The molecule has 0 fully saturated rings. The minimum Gasteiger partial charge on any atom is -0.423 e. The van der Waals surface area contributed by atoms with E-state index in [1.807, 2.05) is 54.6 Å². The fourth-order valence-electron chi connectivity index (χ4n) is 2.81. The third-order valence-corrected chi connectivity index (χ3v) is 4.71. The zero-order chi connectivity index (χ0) is 19.5. The Morgan fingerprint density at radius 2 is 1.61 bits per heavy atom. The average Bonchev–Trinajstić information content (AvgIpc) is 2.71. The molecule has 4 rings (SSSR count). The molecule has 0 saturated heterocycles. The molecule has 0 aliphatic heterocycles. The summed E-state index contributed by atoms with van der Waals surface area (Å²) in [5.74, 6) is -0.369. The lowest BCUT2D eigenvalue weighted by atomic mass is 9.94. The molecule has 4 aromatic rings. The molecule has 136 valence electrons. The standard InChI is InChI=1S/C21H14BBrN2O3/c22-14-10-15(23)19-20(25-17-9-5-4-8-16(17)24-19)21(14)28-18(26)12-27-11-13-6-2-1-3-7-13/h1-10H,11-12H2. The zero-order valence-corrected chi connectivity index (χ0v) is 16.3. The van der Waals surface area contributed by atoms with E-state index in [-0.39, 0.29) is 12.4 Å². The molecule has 1 aromatic heterocycles. The highest BCUT2D eigenvalue weighted by atomic mass is 79.9. The first-order valence-corrected chi connectivity index (χ1v) is 9.38. The second kappa shape index (κ2) is 8.08. The second-order valence-electron chi connectivity index (χ2n) is 6.14. The number of aromatic nitrogens is 2. The van der Waals surface area contributed by atoms with E-state index in [0.717, 1.165) is 11.1 Å². The number of para-hydroxylation sites is 2. The summed E-state index contributed by atoms with van der Waals surface area (Å²) in [7, 11) is 6.08. The van der Waals surface area contributed by atoms with Gasteiger partial charge in [-0.1, -0.05) is 47.9 Å². The summed E-state index contributed by atoms with van der Waals surface area (Å²) in [6.45, 7) is 0.115. The first-order valence-electron chi connectivity index (χ1n) is 8.58. The predicted octanol–water partition coefficient (Wildman–Crippen LogP) is 3.46. The Hall–Kier alpha value is -2.77. The van der Waals surface area contributed by atoms with Gasteiger partial charge in [0.05, 0.1) is 17.6 Å². The minimum absolute atomic E-state index is 0.185.